The standard InChI is InChI=1S/C12H19NO2/c1-9(4-5-13)6-10-2-3-12(15)11(7-10)8-14/h2-3,7,9,14-15H,4-6,8,13H2,1H3. The molecule has 1 atom stereocenters. The predicted molar refractivity (Wildman–Crippen MR) is 60.6 cm³/mol. The average molecular weight is 209 g/mol. The van der Waals surface area contributed by atoms with Gasteiger partial charge in [0.05, 0.1) is 6.61 Å². The lowest BCUT2D eigenvalue weighted by Crippen LogP contribution is -2.08. The molecule has 0 aliphatic heterocycles. The summed E-state index contributed by atoms with van der Waals surface area (Å²) in [6.07, 6.45) is 1.93. The van der Waals surface area contributed by atoms with E-state index in [0.29, 0.717) is 18.0 Å². The smallest absolute Gasteiger partial charge is 0.121 e. The summed E-state index contributed by atoms with van der Waals surface area (Å²) in [5, 5.41) is 18.4. The second-order valence-electron chi connectivity index (χ2n) is 4.01. The molecule has 0 aliphatic carbocycles. The van der Waals surface area contributed by atoms with Gasteiger partial charge in [-0.25, -0.2) is 0 Å². The van der Waals surface area contributed by atoms with Crippen LogP contribution in [0.25, 0.3) is 0 Å². The zero-order valence-electron chi connectivity index (χ0n) is 9.11. The van der Waals surface area contributed by atoms with Crippen molar-refractivity contribution in [1.82, 2.24) is 0 Å². The first-order valence-electron chi connectivity index (χ1n) is 5.29. The van der Waals surface area contributed by atoms with Gasteiger partial charge in [-0.2, -0.15) is 0 Å². The first-order valence-corrected chi connectivity index (χ1v) is 5.29. The maximum Gasteiger partial charge on any atom is 0.121 e. The third-order valence-electron chi connectivity index (χ3n) is 2.56. The van der Waals surface area contributed by atoms with Crippen LogP contribution in [0.2, 0.25) is 0 Å². The molecule has 1 rings (SSSR count). The molecule has 3 nitrogen and oxygen atoms in total. The fourth-order valence-electron chi connectivity index (χ4n) is 1.68. The van der Waals surface area contributed by atoms with Gasteiger partial charge in [0.1, 0.15) is 5.75 Å². The molecule has 1 aromatic carbocycles. The van der Waals surface area contributed by atoms with Gasteiger partial charge in [0, 0.05) is 5.56 Å². The maximum atomic E-state index is 9.39. The van der Waals surface area contributed by atoms with Crippen molar-refractivity contribution in [2.45, 2.75) is 26.4 Å². The van der Waals surface area contributed by atoms with Crippen molar-refractivity contribution in [1.29, 1.82) is 0 Å². The van der Waals surface area contributed by atoms with E-state index in [1.807, 2.05) is 12.1 Å². The molecule has 4 N–H and O–H groups in total. The highest BCUT2D eigenvalue weighted by atomic mass is 16.3. The predicted octanol–water partition coefficient (Wildman–Crippen LogP) is 1.41. The van der Waals surface area contributed by atoms with Gasteiger partial charge in [-0.15, -0.1) is 0 Å². The Kier molecular flexibility index (Phi) is 4.59. The van der Waals surface area contributed by atoms with Gasteiger partial charge >= 0.3 is 0 Å². The quantitative estimate of drug-likeness (QED) is 0.687. The summed E-state index contributed by atoms with van der Waals surface area (Å²) in [4.78, 5) is 0. The van der Waals surface area contributed by atoms with Gasteiger partial charge in [0.15, 0.2) is 0 Å². The molecule has 0 radical (unpaired) electrons. The van der Waals surface area contributed by atoms with Crippen LogP contribution in [0, 0.1) is 5.92 Å². The highest BCUT2D eigenvalue weighted by Gasteiger charge is 2.05. The molecule has 84 valence electrons. The highest BCUT2D eigenvalue weighted by Crippen LogP contribution is 2.20. The van der Waals surface area contributed by atoms with Gasteiger partial charge in [0.2, 0.25) is 0 Å². The van der Waals surface area contributed by atoms with E-state index in [0.717, 1.165) is 18.4 Å². The van der Waals surface area contributed by atoms with Crippen molar-refractivity contribution in [3.8, 4) is 5.75 Å². The van der Waals surface area contributed by atoms with Crippen LogP contribution in [0.3, 0.4) is 0 Å². The Morgan fingerprint density at radius 1 is 1.40 bits per heavy atom. The van der Waals surface area contributed by atoms with Crippen LogP contribution in [-0.4, -0.2) is 16.8 Å². The molecule has 0 saturated carbocycles. The number of nitrogens with two attached hydrogens (primary N) is 1. The molecule has 3 heteroatoms. The SMILES string of the molecule is CC(CCN)Cc1ccc(O)c(CO)c1. The molecule has 1 aromatic rings. The summed E-state index contributed by atoms with van der Waals surface area (Å²) in [7, 11) is 0. The van der Waals surface area contributed by atoms with Crippen molar-refractivity contribution in [2.24, 2.45) is 11.7 Å². The Balaban J connectivity index is 2.69. The van der Waals surface area contributed by atoms with Crippen LogP contribution in [0.4, 0.5) is 0 Å². The van der Waals surface area contributed by atoms with E-state index >= 15 is 0 Å². The Morgan fingerprint density at radius 2 is 2.13 bits per heavy atom. The van der Waals surface area contributed by atoms with E-state index in [1.165, 1.54) is 0 Å². The minimum Gasteiger partial charge on any atom is -0.508 e. The summed E-state index contributed by atoms with van der Waals surface area (Å²) < 4.78 is 0. The third-order valence-corrected chi connectivity index (χ3v) is 2.56. The Labute approximate surface area is 90.5 Å². The first kappa shape index (κ1) is 12.0. The topological polar surface area (TPSA) is 66.5 Å². The molecule has 0 aromatic heterocycles. The molecule has 1 unspecified atom stereocenters. The van der Waals surface area contributed by atoms with Crippen LogP contribution in [0.15, 0.2) is 18.2 Å². The van der Waals surface area contributed by atoms with E-state index in [4.69, 9.17) is 10.8 Å². The first-order chi connectivity index (χ1) is 7.17. The maximum absolute atomic E-state index is 9.39. The molecule has 0 amide bonds. The molecular weight excluding hydrogens is 190 g/mol. The number of aliphatic hydroxyl groups excluding tert-OH is 1. The number of phenols is 1. The number of hydrogen-bond acceptors (Lipinski definition) is 3. The molecular formula is C12H19NO2. The fourth-order valence-corrected chi connectivity index (χ4v) is 1.68. The normalized spacial score (nSPS) is 12.7. The summed E-state index contributed by atoms with van der Waals surface area (Å²) in [6, 6.07) is 5.37. The largest absolute Gasteiger partial charge is 0.508 e. The van der Waals surface area contributed by atoms with Crippen molar-refractivity contribution in [3.63, 3.8) is 0 Å². The Morgan fingerprint density at radius 3 is 2.73 bits per heavy atom. The van der Waals surface area contributed by atoms with E-state index < -0.39 is 0 Å². The minimum absolute atomic E-state index is 0.120. The molecule has 0 saturated heterocycles. The van der Waals surface area contributed by atoms with Crippen molar-refractivity contribution in [3.05, 3.63) is 29.3 Å². The second-order valence-corrected chi connectivity index (χ2v) is 4.01. The molecule has 0 aliphatic rings. The van der Waals surface area contributed by atoms with E-state index in [-0.39, 0.29) is 12.4 Å². The molecule has 15 heavy (non-hydrogen) atoms. The highest BCUT2D eigenvalue weighted by molar-refractivity contribution is 5.35. The lowest BCUT2D eigenvalue weighted by molar-refractivity contribution is 0.275. The van der Waals surface area contributed by atoms with Gasteiger partial charge in [0.25, 0.3) is 0 Å². The van der Waals surface area contributed by atoms with Gasteiger partial charge in [-0.05, 0) is 43.0 Å². The van der Waals surface area contributed by atoms with Crippen molar-refractivity contribution < 1.29 is 10.2 Å². The molecule has 0 spiro atoms. The molecule has 0 fully saturated rings. The summed E-state index contributed by atoms with van der Waals surface area (Å²) in [6.45, 7) is 2.73. The lowest BCUT2D eigenvalue weighted by atomic mass is 9.97. The van der Waals surface area contributed by atoms with Gasteiger partial charge in [-0.3, -0.25) is 0 Å². The van der Waals surface area contributed by atoms with E-state index in [1.54, 1.807) is 6.07 Å². The Bertz CT molecular complexity index is 312. The molecule has 0 heterocycles. The van der Waals surface area contributed by atoms with E-state index in [9.17, 15) is 5.11 Å². The lowest BCUT2D eigenvalue weighted by Gasteiger charge is -2.11. The zero-order valence-corrected chi connectivity index (χ0v) is 9.11. The number of aliphatic hydroxyl groups is 1. The van der Waals surface area contributed by atoms with Crippen LogP contribution < -0.4 is 5.73 Å². The Hall–Kier alpha value is -1.06. The minimum atomic E-state index is -0.120. The van der Waals surface area contributed by atoms with Gasteiger partial charge < -0.3 is 15.9 Å². The van der Waals surface area contributed by atoms with Crippen molar-refractivity contribution in [2.75, 3.05) is 6.54 Å². The van der Waals surface area contributed by atoms with Crippen molar-refractivity contribution >= 4 is 0 Å². The van der Waals surface area contributed by atoms with Gasteiger partial charge in [-0.1, -0.05) is 13.0 Å². The van der Waals surface area contributed by atoms with Crippen LogP contribution in [0.1, 0.15) is 24.5 Å². The molecule has 0 bridgehead atoms. The summed E-state index contributed by atoms with van der Waals surface area (Å²) >= 11 is 0. The second kappa shape index (κ2) is 5.73. The van der Waals surface area contributed by atoms with Crippen LogP contribution in [-0.2, 0) is 13.0 Å². The zero-order chi connectivity index (χ0) is 11.3. The van der Waals surface area contributed by atoms with Crippen LogP contribution >= 0.6 is 0 Å². The number of hydrogen-bond donors (Lipinski definition) is 3. The van der Waals surface area contributed by atoms with Crippen LogP contribution in [0.5, 0.6) is 5.75 Å². The average Bonchev–Trinajstić information content (AvgIpc) is 2.21. The summed E-state index contributed by atoms with van der Waals surface area (Å²) in [5.74, 6) is 0.693. The summed E-state index contributed by atoms with van der Waals surface area (Å²) in [5.41, 5.74) is 7.21. The number of aromatic hydroxyl groups is 1. The third kappa shape index (κ3) is 3.53. The number of rotatable bonds is 5. The number of benzene rings is 1. The monoisotopic (exact) mass is 209 g/mol. The van der Waals surface area contributed by atoms with E-state index in [2.05, 4.69) is 6.92 Å². The fraction of sp³-hybridized carbons (Fsp3) is 0.500.